The zero-order chi connectivity index (χ0) is 25.0. The Kier molecular flexibility index (Phi) is 6.05. The summed E-state index contributed by atoms with van der Waals surface area (Å²) < 4.78 is 1.81. The summed E-state index contributed by atoms with van der Waals surface area (Å²) in [6.07, 6.45) is 6.97. The van der Waals surface area contributed by atoms with Crippen molar-refractivity contribution in [2.45, 2.75) is 78.6 Å². The lowest BCUT2D eigenvalue weighted by molar-refractivity contribution is -0.158. The number of likely N-dealkylation sites (N-methyl/N-ethyl adjacent to an activating group) is 1. The van der Waals surface area contributed by atoms with Gasteiger partial charge in [0.25, 0.3) is 0 Å². The Labute approximate surface area is 209 Å². The maximum Gasteiger partial charge on any atom is 0.245 e. The molecular formula is C29H40N4O2. The van der Waals surface area contributed by atoms with Gasteiger partial charge in [-0.25, -0.2) is 4.68 Å². The average molecular weight is 477 g/mol. The van der Waals surface area contributed by atoms with E-state index in [0.29, 0.717) is 30.1 Å². The van der Waals surface area contributed by atoms with Crippen LogP contribution in [0.25, 0.3) is 5.69 Å². The lowest BCUT2D eigenvalue weighted by Crippen LogP contribution is -2.55. The normalized spacial score (nSPS) is 27.2. The number of anilines is 1. The zero-order valence-electron chi connectivity index (χ0n) is 21.9. The molecule has 1 heterocycles. The summed E-state index contributed by atoms with van der Waals surface area (Å²) in [6.45, 7) is 11.0. The van der Waals surface area contributed by atoms with Gasteiger partial charge in [0.1, 0.15) is 5.82 Å². The van der Waals surface area contributed by atoms with E-state index >= 15 is 0 Å². The molecule has 4 saturated carbocycles. The van der Waals surface area contributed by atoms with Crippen LogP contribution < -0.4 is 5.32 Å². The molecule has 2 aromatic rings. The van der Waals surface area contributed by atoms with Crippen molar-refractivity contribution in [2.24, 2.45) is 23.2 Å². The highest BCUT2D eigenvalue weighted by Crippen LogP contribution is 2.60. The average Bonchev–Trinajstić information content (AvgIpc) is 3.20. The minimum atomic E-state index is -0.228. The highest BCUT2D eigenvalue weighted by atomic mass is 16.2. The second kappa shape index (κ2) is 8.79. The Bertz CT molecular complexity index is 1090. The van der Waals surface area contributed by atoms with Crippen LogP contribution >= 0.6 is 0 Å². The number of nitrogens with zero attached hydrogens (tertiary/aromatic N) is 3. The largest absolute Gasteiger partial charge is 0.333 e. The third kappa shape index (κ3) is 4.64. The second-order valence-electron chi connectivity index (χ2n) is 12.5. The molecule has 1 aromatic carbocycles. The van der Waals surface area contributed by atoms with E-state index in [2.05, 4.69) is 32.2 Å². The van der Waals surface area contributed by atoms with Crippen LogP contribution in [0, 0.1) is 30.1 Å². The van der Waals surface area contributed by atoms with E-state index in [0.717, 1.165) is 36.2 Å². The van der Waals surface area contributed by atoms with E-state index in [4.69, 9.17) is 5.10 Å². The molecule has 1 N–H and O–H groups in total. The van der Waals surface area contributed by atoms with Crippen molar-refractivity contribution >= 4 is 17.6 Å². The topological polar surface area (TPSA) is 67.2 Å². The number of carbonyl (C=O) groups is 2. The van der Waals surface area contributed by atoms with Crippen LogP contribution in [0.4, 0.5) is 5.82 Å². The highest BCUT2D eigenvalue weighted by Gasteiger charge is 2.55. The molecule has 6 rings (SSSR count). The first-order valence-electron chi connectivity index (χ1n) is 13.3. The van der Waals surface area contributed by atoms with Gasteiger partial charge >= 0.3 is 0 Å². The number of aryl methyl sites for hydroxylation is 1. The van der Waals surface area contributed by atoms with Crippen molar-refractivity contribution in [2.75, 3.05) is 18.4 Å². The molecule has 2 amide bonds. The Hall–Kier alpha value is -2.63. The number of hydrogen-bond acceptors (Lipinski definition) is 3. The van der Waals surface area contributed by atoms with Crippen LogP contribution in [0.15, 0.2) is 30.3 Å². The van der Waals surface area contributed by atoms with Crippen molar-refractivity contribution in [1.29, 1.82) is 0 Å². The van der Waals surface area contributed by atoms with Gasteiger partial charge in [-0.15, -0.1) is 0 Å². The number of hydrogen-bond donors (Lipinski definition) is 1. The first-order valence-corrected chi connectivity index (χ1v) is 13.3. The van der Waals surface area contributed by atoms with E-state index in [1.165, 1.54) is 19.3 Å². The van der Waals surface area contributed by atoms with Gasteiger partial charge in [0, 0.05) is 18.0 Å². The van der Waals surface area contributed by atoms with Gasteiger partial charge in [0.2, 0.25) is 11.8 Å². The van der Waals surface area contributed by atoms with Crippen LogP contribution in [0.3, 0.4) is 0 Å². The summed E-state index contributed by atoms with van der Waals surface area (Å²) in [5.41, 5.74) is 2.57. The summed E-state index contributed by atoms with van der Waals surface area (Å²) in [6, 6.07) is 10.1. The predicted octanol–water partition coefficient (Wildman–Crippen LogP) is 5.48. The molecule has 4 aliphatic carbocycles. The molecule has 6 heteroatoms. The molecule has 4 aliphatic rings. The van der Waals surface area contributed by atoms with Crippen molar-refractivity contribution in [1.82, 2.24) is 14.7 Å². The van der Waals surface area contributed by atoms with Crippen molar-refractivity contribution in [3.8, 4) is 5.69 Å². The van der Waals surface area contributed by atoms with Gasteiger partial charge in [-0.05, 0) is 87.8 Å². The van der Waals surface area contributed by atoms with Crippen LogP contribution in [-0.4, -0.2) is 39.6 Å². The Morgan fingerprint density at radius 3 is 2.26 bits per heavy atom. The molecule has 35 heavy (non-hydrogen) atoms. The fourth-order valence-corrected chi connectivity index (χ4v) is 7.18. The van der Waals surface area contributed by atoms with Crippen molar-refractivity contribution in [3.05, 3.63) is 41.6 Å². The molecule has 1 aromatic heterocycles. The lowest BCUT2D eigenvalue weighted by Gasteiger charge is -2.56. The zero-order valence-corrected chi connectivity index (χ0v) is 21.9. The lowest BCUT2D eigenvalue weighted by atomic mass is 9.49. The number of aromatic nitrogens is 2. The Morgan fingerprint density at radius 2 is 1.71 bits per heavy atom. The first-order chi connectivity index (χ1) is 16.6. The van der Waals surface area contributed by atoms with E-state index in [1.807, 2.05) is 42.8 Å². The van der Waals surface area contributed by atoms with Gasteiger partial charge in [-0.1, -0.05) is 32.9 Å². The van der Waals surface area contributed by atoms with Crippen LogP contribution in [0.5, 0.6) is 0 Å². The third-order valence-electron chi connectivity index (χ3n) is 8.49. The smallest absolute Gasteiger partial charge is 0.245 e. The number of amides is 2. The molecule has 4 fully saturated rings. The van der Waals surface area contributed by atoms with Crippen LogP contribution in [0.1, 0.15) is 77.5 Å². The molecule has 6 nitrogen and oxygen atoms in total. The number of nitrogens with one attached hydrogen (secondary N) is 1. The maximum absolute atomic E-state index is 13.8. The van der Waals surface area contributed by atoms with Crippen LogP contribution in [-0.2, 0) is 15.0 Å². The number of benzene rings is 1. The first kappa shape index (κ1) is 24.1. The Morgan fingerprint density at radius 1 is 1.09 bits per heavy atom. The molecule has 4 bridgehead atoms. The molecule has 0 aliphatic heterocycles. The Balaban J connectivity index is 1.35. The second-order valence-corrected chi connectivity index (χ2v) is 12.5. The van der Waals surface area contributed by atoms with E-state index in [-0.39, 0.29) is 29.2 Å². The highest BCUT2D eigenvalue weighted by molar-refractivity contribution is 5.95. The van der Waals surface area contributed by atoms with E-state index in [9.17, 15) is 9.59 Å². The molecule has 0 spiro atoms. The van der Waals surface area contributed by atoms with Crippen molar-refractivity contribution in [3.63, 3.8) is 0 Å². The van der Waals surface area contributed by atoms with Gasteiger partial charge in [-0.3, -0.25) is 9.59 Å². The monoisotopic (exact) mass is 476 g/mol. The van der Waals surface area contributed by atoms with E-state index < -0.39 is 0 Å². The summed E-state index contributed by atoms with van der Waals surface area (Å²) in [5, 5.41) is 7.91. The van der Waals surface area contributed by atoms with Gasteiger partial charge in [0.15, 0.2) is 0 Å². The van der Waals surface area contributed by atoms with Gasteiger partial charge < -0.3 is 10.2 Å². The number of rotatable bonds is 6. The molecular weight excluding hydrogens is 436 g/mol. The quantitative estimate of drug-likeness (QED) is 0.600. The van der Waals surface area contributed by atoms with Gasteiger partial charge in [0.05, 0.1) is 23.3 Å². The summed E-state index contributed by atoms with van der Waals surface area (Å²) in [5.74, 6) is 2.80. The fraction of sp³-hybridized carbons (Fsp3) is 0.621. The standard InChI is InChI=1S/C29H40N4O2/c1-6-32(27(35)29-15-20-11-21(16-29)13-22(12-20)17-29)18-26(34)30-25-14-24(28(3,4)5)31-33(25)23-9-7-8-19(2)10-23/h7-10,14,20-22H,6,11-13,15-18H2,1-5H3,(H,30,34). The number of carbonyl (C=O) groups excluding carboxylic acids is 2. The minimum absolute atomic E-state index is 0.0843. The molecule has 0 saturated heterocycles. The summed E-state index contributed by atoms with van der Waals surface area (Å²) in [4.78, 5) is 28.9. The SMILES string of the molecule is CCN(CC(=O)Nc1cc(C(C)(C)C)nn1-c1cccc(C)c1)C(=O)C12CC3CC(CC(C3)C1)C2. The molecule has 0 radical (unpaired) electrons. The maximum atomic E-state index is 13.8. The van der Waals surface area contributed by atoms with Crippen LogP contribution in [0.2, 0.25) is 0 Å². The fourth-order valence-electron chi connectivity index (χ4n) is 7.18. The molecule has 0 unspecified atom stereocenters. The van der Waals surface area contributed by atoms with E-state index in [1.54, 1.807) is 4.90 Å². The summed E-state index contributed by atoms with van der Waals surface area (Å²) in [7, 11) is 0. The van der Waals surface area contributed by atoms with Gasteiger partial charge in [-0.2, -0.15) is 5.10 Å². The predicted molar refractivity (Wildman–Crippen MR) is 138 cm³/mol. The van der Waals surface area contributed by atoms with Crippen molar-refractivity contribution < 1.29 is 9.59 Å². The summed E-state index contributed by atoms with van der Waals surface area (Å²) >= 11 is 0. The minimum Gasteiger partial charge on any atom is -0.333 e. The third-order valence-corrected chi connectivity index (χ3v) is 8.49. The molecule has 0 atom stereocenters. The molecule has 188 valence electrons.